The molecule has 0 saturated carbocycles. The summed E-state index contributed by atoms with van der Waals surface area (Å²) in [7, 11) is -3.94. The molecule has 0 saturated heterocycles. The van der Waals surface area contributed by atoms with E-state index in [2.05, 4.69) is 9.71 Å². The maximum atomic E-state index is 13.8. The minimum atomic E-state index is -3.94. The fourth-order valence-electron chi connectivity index (χ4n) is 1.68. The third-order valence-corrected chi connectivity index (χ3v) is 5.21. The topological polar surface area (TPSA) is 85.1 Å². The van der Waals surface area contributed by atoms with Gasteiger partial charge in [-0.3, -0.25) is 0 Å². The monoisotopic (exact) mass is 315 g/mol. The molecule has 0 bridgehead atoms. The van der Waals surface area contributed by atoms with E-state index in [4.69, 9.17) is 5.73 Å². The second kappa shape index (κ2) is 5.96. The molecule has 3 N–H and O–H groups in total. The van der Waals surface area contributed by atoms with Crippen molar-refractivity contribution in [3.63, 3.8) is 0 Å². The van der Waals surface area contributed by atoms with Crippen molar-refractivity contribution >= 4 is 21.4 Å². The highest BCUT2D eigenvalue weighted by molar-refractivity contribution is 7.89. The minimum absolute atomic E-state index is 0.153. The highest BCUT2D eigenvalue weighted by Gasteiger charge is 2.23. The van der Waals surface area contributed by atoms with Crippen LogP contribution >= 0.6 is 11.3 Å². The predicted octanol–water partition coefficient (Wildman–Crippen LogP) is 1.78. The molecule has 0 amide bonds. The van der Waals surface area contributed by atoms with Crippen molar-refractivity contribution in [2.45, 2.75) is 24.4 Å². The molecule has 20 heavy (non-hydrogen) atoms. The smallest absolute Gasteiger partial charge is 0.244 e. The van der Waals surface area contributed by atoms with Gasteiger partial charge >= 0.3 is 0 Å². The summed E-state index contributed by atoms with van der Waals surface area (Å²) in [6.07, 6.45) is 1.58. The Balaban J connectivity index is 2.27. The summed E-state index contributed by atoms with van der Waals surface area (Å²) >= 11 is 1.33. The predicted molar refractivity (Wildman–Crippen MR) is 75.1 cm³/mol. The summed E-state index contributed by atoms with van der Waals surface area (Å²) in [5.74, 6) is -0.813. The van der Waals surface area contributed by atoms with E-state index in [0.717, 1.165) is 6.07 Å². The van der Waals surface area contributed by atoms with Crippen LogP contribution in [-0.4, -0.2) is 13.4 Å². The molecule has 1 aromatic heterocycles. The van der Waals surface area contributed by atoms with Crippen LogP contribution in [0.2, 0.25) is 0 Å². The Morgan fingerprint density at radius 1 is 1.50 bits per heavy atom. The molecule has 5 nitrogen and oxygen atoms in total. The van der Waals surface area contributed by atoms with Crippen LogP contribution in [0.4, 0.5) is 4.39 Å². The molecular weight excluding hydrogens is 301 g/mol. The van der Waals surface area contributed by atoms with Gasteiger partial charge in [0.1, 0.15) is 15.7 Å². The number of sulfonamides is 1. The third-order valence-electron chi connectivity index (χ3n) is 2.68. The van der Waals surface area contributed by atoms with Gasteiger partial charge in [-0.25, -0.2) is 22.5 Å². The number of halogens is 1. The number of aromatic nitrogens is 1. The first-order chi connectivity index (χ1) is 9.44. The summed E-state index contributed by atoms with van der Waals surface area (Å²) in [5, 5.41) is 2.36. The second-order valence-electron chi connectivity index (χ2n) is 4.18. The molecule has 0 radical (unpaired) electrons. The Morgan fingerprint density at radius 2 is 2.25 bits per heavy atom. The largest absolute Gasteiger partial charge is 0.326 e. The number of nitrogens with two attached hydrogens (primary N) is 1. The van der Waals surface area contributed by atoms with Crippen LogP contribution < -0.4 is 10.5 Å². The Morgan fingerprint density at radius 3 is 2.80 bits per heavy atom. The zero-order valence-electron chi connectivity index (χ0n) is 10.7. The maximum Gasteiger partial charge on any atom is 0.244 e. The molecule has 1 heterocycles. The van der Waals surface area contributed by atoms with E-state index in [0.29, 0.717) is 10.6 Å². The van der Waals surface area contributed by atoms with Gasteiger partial charge < -0.3 is 5.73 Å². The SMILES string of the molecule is CC(NS(=O)(=O)c1ccc(CN)cc1F)c1nccs1. The van der Waals surface area contributed by atoms with Crippen LogP contribution in [0.15, 0.2) is 34.7 Å². The van der Waals surface area contributed by atoms with E-state index in [1.54, 1.807) is 18.5 Å². The van der Waals surface area contributed by atoms with Crippen molar-refractivity contribution in [3.05, 3.63) is 46.2 Å². The number of nitrogens with one attached hydrogen (secondary N) is 1. The zero-order chi connectivity index (χ0) is 14.8. The van der Waals surface area contributed by atoms with Crippen molar-refractivity contribution < 1.29 is 12.8 Å². The number of hydrogen-bond acceptors (Lipinski definition) is 5. The van der Waals surface area contributed by atoms with Gasteiger partial charge in [-0.1, -0.05) is 6.07 Å². The average Bonchev–Trinajstić information content (AvgIpc) is 2.91. The molecule has 0 spiro atoms. The Hall–Kier alpha value is -1.35. The molecule has 1 aromatic carbocycles. The molecule has 2 aromatic rings. The summed E-state index contributed by atoms with van der Waals surface area (Å²) in [4.78, 5) is 3.63. The van der Waals surface area contributed by atoms with Gasteiger partial charge in [0.05, 0.1) is 6.04 Å². The standard InChI is InChI=1S/C12H14FN3O2S2/c1-8(12-15-4-5-19-12)16-20(17,18)11-3-2-9(7-14)6-10(11)13/h2-6,8,16H,7,14H2,1H3. The molecule has 2 rings (SSSR count). The normalized spacial score (nSPS) is 13.3. The zero-order valence-corrected chi connectivity index (χ0v) is 12.3. The van der Waals surface area contributed by atoms with Crippen LogP contribution in [0.3, 0.4) is 0 Å². The molecule has 0 aliphatic heterocycles. The van der Waals surface area contributed by atoms with E-state index in [1.165, 1.54) is 23.5 Å². The number of hydrogen-bond donors (Lipinski definition) is 2. The van der Waals surface area contributed by atoms with Crippen molar-refractivity contribution in [1.82, 2.24) is 9.71 Å². The molecule has 1 unspecified atom stereocenters. The lowest BCUT2D eigenvalue weighted by atomic mass is 10.2. The van der Waals surface area contributed by atoms with E-state index < -0.39 is 26.8 Å². The summed E-state index contributed by atoms with van der Waals surface area (Å²) in [5.41, 5.74) is 5.92. The third kappa shape index (κ3) is 3.21. The van der Waals surface area contributed by atoms with Crippen LogP contribution in [0, 0.1) is 5.82 Å². The first-order valence-electron chi connectivity index (χ1n) is 5.84. The van der Waals surface area contributed by atoms with Gasteiger partial charge in [0.15, 0.2) is 0 Å². The molecular formula is C12H14FN3O2S2. The first-order valence-corrected chi connectivity index (χ1v) is 8.20. The van der Waals surface area contributed by atoms with Crippen LogP contribution in [-0.2, 0) is 16.6 Å². The van der Waals surface area contributed by atoms with Crippen molar-refractivity contribution in [3.8, 4) is 0 Å². The fourth-order valence-corrected chi connectivity index (χ4v) is 3.67. The van der Waals surface area contributed by atoms with Crippen molar-refractivity contribution in [2.75, 3.05) is 0 Å². The van der Waals surface area contributed by atoms with Crippen LogP contribution in [0.1, 0.15) is 23.5 Å². The molecule has 0 fully saturated rings. The number of nitrogens with zero attached hydrogens (tertiary/aromatic N) is 1. The maximum absolute atomic E-state index is 13.8. The van der Waals surface area contributed by atoms with Gasteiger partial charge in [-0.2, -0.15) is 0 Å². The average molecular weight is 315 g/mol. The summed E-state index contributed by atoms with van der Waals surface area (Å²) < 4.78 is 40.5. The summed E-state index contributed by atoms with van der Waals surface area (Å²) in [6, 6.07) is 3.32. The number of benzene rings is 1. The van der Waals surface area contributed by atoms with E-state index in [9.17, 15) is 12.8 Å². The van der Waals surface area contributed by atoms with Crippen LogP contribution in [0.25, 0.3) is 0 Å². The van der Waals surface area contributed by atoms with E-state index >= 15 is 0 Å². The van der Waals surface area contributed by atoms with Gasteiger partial charge in [-0.05, 0) is 24.6 Å². The Bertz CT molecular complexity index is 687. The van der Waals surface area contributed by atoms with Gasteiger partial charge in [-0.15, -0.1) is 11.3 Å². The molecule has 0 aliphatic carbocycles. The summed E-state index contributed by atoms with van der Waals surface area (Å²) in [6.45, 7) is 1.81. The number of rotatable bonds is 5. The van der Waals surface area contributed by atoms with Crippen molar-refractivity contribution in [1.29, 1.82) is 0 Å². The Kier molecular flexibility index (Phi) is 4.48. The molecule has 1 atom stereocenters. The second-order valence-corrected chi connectivity index (χ2v) is 6.79. The first kappa shape index (κ1) is 15.0. The fraction of sp³-hybridized carbons (Fsp3) is 0.250. The van der Waals surface area contributed by atoms with Gasteiger partial charge in [0.2, 0.25) is 10.0 Å². The van der Waals surface area contributed by atoms with E-state index in [1.807, 2.05) is 0 Å². The number of thiazole rings is 1. The lowest BCUT2D eigenvalue weighted by Crippen LogP contribution is -2.27. The van der Waals surface area contributed by atoms with E-state index in [-0.39, 0.29) is 6.54 Å². The van der Waals surface area contributed by atoms with Crippen molar-refractivity contribution in [2.24, 2.45) is 5.73 Å². The Labute approximate surface area is 120 Å². The highest BCUT2D eigenvalue weighted by atomic mass is 32.2. The lowest BCUT2D eigenvalue weighted by molar-refractivity contribution is 0.546. The quantitative estimate of drug-likeness (QED) is 0.881. The highest BCUT2D eigenvalue weighted by Crippen LogP contribution is 2.21. The van der Waals surface area contributed by atoms with Crippen LogP contribution in [0.5, 0.6) is 0 Å². The molecule has 8 heteroatoms. The van der Waals surface area contributed by atoms with Gasteiger partial charge in [0, 0.05) is 18.1 Å². The molecule has 108 valence electrons. The lowest BCUT2D eigenvalue weighted by Gasteiger charge is -2.12. The van der Waals surface area contributed by atoms with Gasteiger partial charge in [0.25, 0.3) is 0 Å². The molecule has 0 aliphatic rings. The minimum Gasteiger partial charge on any atom is -0.326 e.